The number of benzene rings is 1. The molecule has 0 radical (unpaired) electrons. The van der Waals surface area contributed by atoms with Gasteiger partial charge in [-0.25, -0.2) is 8.42 Å². The molecule has 4 N–H and O–H groups in total. The van der Waals surface area contributed by atoms with Gasteiger partial charge in [-0.1, -0.05) is 12.1 Å². The molecule has 6 nitrogen and oxygen atoms in total. The molecule has 96 valence electrons. The third kappa shape index (κ3) is 3.24. The lowest BCUT2D eigenvalue weighted by atomic mass is 10.2. The van der Waals surface area contributed by atoms with Crippen LogP contribution in [0, 0.1) is 6.92 Å². The number of aryl methyl sites for hydroxylation is 1. The second kappa shape index (κ2) is 4.69. The number of nitrogens with one attached hydrogen (secondary N) is 2. The number of aromatic nitrogens is 2. The lowest BCUT2D eigenvalue weighted by Gasteiger charge is -2.05. The molecule has 0 spiro atoms. The molecule has 0 fully saturated rings. The Labute approximate surface area is 105 Å². The molecule has 0 saturated carbocycles. The first-order chi connectivity index (χ1) is 8.44. The molecule has 2 aromatic rings. The lowest BCUT2D eigenvalue weighted by Crippen LogP contribution is -2.15. The smallest absolute Gasteiger partial charge is 0.238 e. The minimum Gasteiger partial charge on any atom is -0.399 e. The molecule has 1 heterocycles. The minimum atomic E-state index is -3.46. The van der Waals surface area contributed by atoms with Crippen molar-refractivity contribution in [1.82, 2.24) is 10.2 Å². The first-order valence-corrected chi connectivity index (χ1v) is 6.97. The molecule has 0 aliphatic rings. The standard InChI is InChI=1S/C11H14N4O2S/c1-8-6-11(14-13-8)15-18(16,17)7-9-2-4-10(12)5-3-9/h2-6H,7,12H2,1H3,(H2,13,14,15). The number of H-pyrrole nitrogens is 1. The van der Waals surface area contributed by atoms with E-state index in [1.165, 1.54) is 0 Å². The second-order valence-electron chi connectivity index (χ2n) is 4.04. The number of sulfonamides is 1. The Hall–Kier alpha value is -2.02. The largest absolute Gasteiger partial charge is 0.399 e. The molecule has 1 aromatic carbocycles. The van der Waals surface area contributed by atoms with Gasteiger partial charge in [0.2, 0.25) is 10.0 Å². The van der Waals surface area contributed by atoms with Crippen LogP contribution in [-0.2, 0) is 15.8 Å². The predicted octanol–water partition coefficient (Wildman–Crippen LogP) is 1.24. The fourth-order valence-corrected chi connectivity index (χ4v) is 2.63. The van der Waals surface area contributed by atoms with E-state index in [0.29, 0.717) is 17.1 Å². The number of anilines is 2. The zero-order valence-corrected chi connectivity index (χ0v) is 10.7. The molecule has 0 bridgehead atoms. The second-order valence-corrected chi connectivity index (χ2v) is 5.76. The van der Waals surface area contributed by atoms with Crippen molar-refractivity contribution in [2.24, 2.45) is 0 Å². The van der Waals surface area contributed by atoms with Crippen molar-refractivity contribution in [3.05, 3.63) is 41.6 Å². The van der Waals surface area contributed by atoms with Gasteiger partial charge in [0.1, 0.15) is 0 Å². The number of aromatic amines is 1. The average Bonchev–Trinajstić information content (AvgIpc) is 2.66. The first-order valence-electron chi connectivity index (χ1n) is 5.31. The summed E-state index contributed by atoms with van der Waals surface area (Å²) >= 11 is 0. The Balaban J connectivity index is 2.10. The average molecular weight is 266 g/mol. The topological polar surface area (TPSA) is 101 Å². The number of hydrogen-bond donors (Lipinski definition) is 3. The summed E-state index contributed by atoms with van der Waals surface area (Å²) in [6, 6.07) is 8.34. The molecule has 0 aliphatic carbocycles. The van der Waals surface area contributed by atoms with Crippen LogP contribution >= 0.6 is 0 Å². The molecule has 0 atom stereocenters. The molecule has 2 rings (SSSR count). The van der Waals surface area contributed by atoms with Crippen LogP contribution in [0.1, 0.15) is 11.3 Å². The van der Waals surface area contributed by atoms with Gasteiger partial charge in [0, 0.05) is 17.4 Å². The van der Waals surface area contributed by atoms with Crippen LogP contribution in [0.15, 0.2) is 30.3 Å². The van der Waals surface area contributed by atoms with E-state index in [9.17, 15) is 8.42 Å². The Morgan fingerprint density at radius 3 is 2.56 bits per heavy atom. The number of nitrogen functional groups attached to an aromatic ring is 1. The van der Waals surface area contributed by atoms with E-state index in [0.717, 1.165) is 5.69 Å². The van der Waals surface area contributed by atoms with Gasteiger partial charge in [-0.2, -0.15) is 5.10 Å². The van der Waals surface area contributed by atoms with Crippen LogP contribution in [0.25, 0.3) is 0 Å². The summed E-state index contributed by atoms with van der Waals surface area (Å²) in [5, 5.41) is 6.49. The Kier molecular flexibility index (Phi) is 3.24. The molecule has 18 heavy (non-hydrogen) atoms. The normalized spacial score (nSPS) is 11.4. The van der Waals surface area contributed by atoms with Gasteiger partial charge >= 0.3 is 0 Å². The molecule has 0 aliphatic heterocycles. The maximum atomic E-state index is 11.9. The van der Waals surface area contributed by atoms with Crippen LogP contribution < -0.4 is 10.5 Å². The third-order valence-electron chi connectivity index (χ3n) is 2.30. The summed E-state index contributed by atoms with van der Waals surface area (Å²) in [5.74, 6) is 0.182. The van der Waals surface area contributed by atoms with Gasteiger partial charge in [0.15, 0.2) is 5.82 Å². The Bertz CT molecular complexity index is 631. The highest BCUT2D eigenvalue weighted by molar-refractivity contribution is 7.91. The van der Waals surface area contributed by atoms with Crippen molar-refractivity contribution in [2.75, 3.05) is 10.5 Å². The third-order valence-corrected chi connectivity index (χ3v) is 3.54. The van der Waals surface area contributed by atoms with Crippen molar-refractivity contribution in [3.8, 4) is 0 Å². The van der Waals surface area contributed by atoms with Gasteiger partial charge in [-0.15, -0.1) is 0 Å². The molecule has 7 heteroatoms. The highest BCUT2D eigenvalue weighted by atomic mass is 32.2. The van der Waals surface area contributed by atoms with Crippen molar-refractivity contribution < 1.29 is 8.42 Å². The van der Waals surface area contributed by atoms with Gasteiger partial charge < -0.3 is 5.73 Å². The monoisotopic (exact) mass is 266 g/mol. The zero-order chi connectivity index (χ0) is 13.2. The van der Waals surface area contributed by atoms with Crippen LogP contribution in [0.4, 0.5) is 11.5 Å². The Morgan fingerprint density at radius 2 is 2.00 bits per heavy atom. The quantitative estimate of drug-likeness (QED) is 0.725. The fraction of sp³-hybridized carbons (Fsp3) is 0.182. The van der Waals surface area contributed by atoms with E-state index < -0.39 is 10.0 Å². The summed E-state index contributed by atoms with van der Waals surface area (Å²) < 4.78 is 26.1. The summed E-state index contributed by atoms with van der Waals surface area (Å²) in [7, 11) is -3.46. The molecule has 0 saturated heterocycles. The molecular formula is C11H14N4O2S. The summed E-state index contributed by atoms with van der Waals surface area (Å²) in [6.07, 6.45) is 0. The van der Waals surface area contributed by atoms with E-state index in [1.54, 1.807) is 37.3 Å². The summed E-state index contributed by atoms with van der Waals surface area (Å²) in [6.45, 7) is 1.80. The number of nitrogens with zero attached hydrogens (tertiary/aromatic N) is 1. The predicted molar refractivity (Wildman–Crippen MR) is 70.4 cm³/mol. The molecule has 0 amide bonds. The maximum absolute atomic E-state index is 11.9. The number of nitrogens with two attached hydrogens (primary N) is 1. The maximum Gasteiger partial charge on any atom is 0.238 e. The van der Waals surface area contributed by atoms with E-state index in [2.05, 4.69) is 14.9 Å². The SMILES string of the molecule is Cc1cc(NS(=O)(=O)Cc2ccc(N)cc2)n[nH]1. The minimum absolute atomic E-state index is 0.112. The van der Waals surface area contributed by atoms with E-state index in [4.69, 9.17) is 5.73 Å². The van der Waals surface area contributed by atoms with Crippen molar-refractivity contribution >= 4 is 21.5 Å². The van der Waals surface area contributed by atoms with Gasteiger partial charge in [-0.05, 0) is 24.6 Å². The van der Waals surface area contributed by atoms with Crippen molar-refractivity contribution in [3.63, 3.8) is 0 Å². The summed E-state index contributed by atoms with van der Waals surface area (Å²) in [5.41, 5.74) is 7.60. The van der Waals surface area contributed by atoms with Gasteiger partial charge in [-0.3, -0.25) is 9.82 Å². The highest BCUT2D eigenvalue weighted by Crippen LogP contribution is 2.12. The van der Waals surface area contributed by atoms with Gasteiger partial charge in [0.25, 0.3) is 0 Å². The summed E-state index contributed by atoms with van der Waals surface area (Å²) in [4.78, 5) is 0. The highest BCUT2D eigenvalue weighted by Gasteiger charge is 2.13. The van der Waals surface area contributed by atoms with Crippen LogP contribution in [0.3, 0.4) is 0 Å². The number of rotatable bonds is 4. The fourth-order valence-electron chi connectivity index (χ4n) is 1.50. The first kappa shape index (κ1) is 12.4. The van der Waals surface area contributed by atoms with Crippen molar-refractivity contribution in [2.45, 2.75) is 12.7 Å². The van der Waals surface area contributed by atoms with E-state index in [1.807, 2.05) is 0 Å². The van der Waals surface area contributed by atoms with Crippen LogP contribution in [-0.4, -0.2) is 18.6 Å². The molecular weight excluding hydrogens is 252 g/mol. The number of hydrogen-bond acceptors (Lipinski definition) is 4. The van der Waals surface area contributed by atoms with Crippen LogP contribution in [0.5, 0.6) is 0 Å². The Morgan fingerprint density at radius 1 is 1.33 bits per heavy atom. The molecule has 1 aromatic heterocycles. The van der Waals surface area contributed by atoms with E-state index in [-0.39, 0.29) is 5.75 Å². The lowest BCUT2D eigenvalue weighted by molar-refractivity contribution is 0.600. The van der Waals surface area contributed by atoms with Crippen LogP contribution in [0.2, 0.25) is 0 Å². The molecule has 0 unspecified atom stereocenters. The zero-order valence-electron chi connectivity index (χ0n) is 9.84. The van der Waals surface area contributed by atoms with Crippen molar-refractivity contribution in [1.29, 1.82) is 0 Å². The van der Waals surface area contributed by atoms with E-state index >= 15 is 0 Å². The van der Waals surface area contributed by atoms with Gasteiger partial charge in [0.05, 0.1) is 5.75 Å².